The molecule has 23 heavy (non-hydrogen) atoms. The van der Waals surface area contributed by atoms with E-state index >= 15 is 0 Å². The van der Waals surface area contributed by atoms with Gasteiger partial charge in [0.15, 0.2) is 0 Å². The predicted octanol–water partition coefficient (Wildman–Crippen LogP) is 0.329. The molecule has 124 valence electrons. The molecule has 1 aromatic carbocycles. The third-order valence-corrected chi connectivity index (χ3v) is 3.91. The largest absolute Gasteiger partial charge is 0.354 e. The SMILES string of the molecule is Cl.O=C(Cn1nnc2ccccc2c1=O)NCC1CCCNC1. The summed E-state index contributed by atoms with van der Waals surface area (Å²) in [7, 11) is 0. The topological polar surface area (TPSA) is 88.9 Å². The molecule has 1 fully saturated rings. The van der Waals surface area contributed by atoms with Gasteiger partial charge in [-0.2, -0.15) is 0 Å². The number of nitrogens with zero attached hydrogens (tertiary/aromatic N) is 3. The molecule has 1 aromatic heterocycles. The molecule has 0 aliphatic carbocycles. The lowest BCUT2D eigenvalue weighted by Crippen LogP contribution is -2.40. The van der Waals surface area contributed by atoms with Gasteiger partial charge in [-0.15, -0.1) is 17.5 Å². The predicted molar refractivity (Wildman–Crippen MR) is 89.6 cm³/mol. The van der Waals surface area contributed by atoms with Gasteiger partial charge in [-0.3, -0.25) is 9.59 Å². The zero-order chi connectivity index (χ0) is 15.4. The van der Waals surface area contributed by atoms with Gasteiger partial charge in [0.1, 0.15) is 12.1 Å². The molecular weight excluding hydrogens is 318 g/mol. The summed E-state index contributed by atoms with van der Waals surface area (Å²) >= 11 is 0. The molecule has 0 spiro atoms. The average Bonchev–Trinajstić information content (AvgIpc) is 2.57. The van der Waals surface area contributed by atoms with Gasteiger partial charge in [-0.05, 0) is 44.0 Å². The van der Waals surface area contributed by atoms with Gasteiger partial charge in [-0.1, -0.05) is 17.3 Å². The van der Waals surface area contributed by atoms with Crippen LogP contribution < -0.4 is 16.2 Å². The van der Waals surface area contributed by atoms with Crippen LogP contribution in [0.5, 0.6) is 0 Å². The highest BCUT2D eigenvalue weighted by Gasteiger charge is 2.15. The third kappa shape index (κ3) is 4.27. The fraction of sp³-hybridized carbons (Fsp3) is 0.467. The lowest BCUT2D eigenvalue weighted by molar-refractivity contribution is -0.122. The monoisotopic (exact) mass is 337 g/mol. The Hall–Kier alpha value is -1.99. The molecule has 1 aliphatic heterocycles. The van der Waals surface area contributed by atoms with E-state index in [1.54, 1.807) is 24.3 Å². The number of aromatic nitrogens is 3. The summed E-state index contributed by atoms with van der Waals surface area (Å²) in [6, 6.07) is 6.98. The first-order valence-electron chi connectivity index (χ1n) is 7.54. The maximum atomic E-state index is 12.2. The molecule has 0 bridgehead atoms. The molecule has 8 heteroatoms. The summed E-state index contributed by atoms with van der Waals surface area (Å²) in [6.07, 6.45) is 2.25. The van der Waals surface area contributed by atoms with Crippen LogP contribution in [0.1, 0.15) is 12.8 Å². The molecule has 2 heterocycles. The zero-order valence-electron chi connectivity index (χ0n) is 12.7. The highest BCUT2D eigenvalue weighted by molar-refractivity contribution is 5.85. The third-order valence-electron chi connectivity index (χ3n) is 3.91. The van der Waals surface area contributed by atoms with Crippen molar-refractivity contribution in [3.8, 4) is 0 Å². The number of hydrogen-bond donors (Lipinski definition) is 2. The second kappa shape index (κ2) is 8.03. The molecular formula is C15H20ClN5O2. The number of rotatable bonds is 4. The Morgan fingerprint density at radius 1 is 1.39 bits per heavy atom. The van der Waals surface area contributed by atoms with Crippen molar-refractivity contribution in [2.75, 3.05) is 19.6 Å². The molecule has 1 unspecified atom stereocenters. The number of nitrogens with one attached hydrogen (secondary N) is 2. The van der Waals surface area contributed by atoms with Crippen molar-refractivity contribution in [2.24, 2.45) is 5.92 Å². The zero-order valence-corrected chi connectivity index (χ0v) is 13.5. The molecule has 1 atom stereocenters. The minimum atomic E-state index is -0.292. The molecule has 7 nitrogen and oxygen atoms in total. The Labute approximate surface area is 139 Å². The quantitative estimate of drug-likeness (QED) is 0.839. The Bertz CT molecular complexity index is 727. The molecule has 1 amide bonds. The summed E-state index contributed by atoms with van der Waals surface area (Å²) in [4.78, 5) is 24.2. The van der Waals surface area contributed by atoms with Crippen LogP contribution >= 0.6 is 12.4 Å². The number of fused-ring (bicyclic) bond motifs is 1. The number of amides is 1. The standard InChI is InChI=1S/C15H19N5O2.ClH/c21-14(17-9-11-4-3-7-16-8-11)10-20-15(22)12-5-1-2-6-13(12)18-19-20;/h1-2,5-6,11,16H,3-4,7-10H2,(H,17,21);1H. The van der Waals surface area contributed by atoms with Gasteiger partial charge in [-0.25, -0.2) is 4.68 Å². The van der Waals surface area contributed by atoms with Crippen molar-refractivity contribution in [1.82, 2.24) is 25.6 Å². The first-order chi connectivity index (χ1) is 10.7. The van der Waals surface area contributed by atoms with Crippen LogP contribution in [-0.2, 0) is 11.3 Å². The number of piperidine rings is 1. The number of hydrogen-bond acceptors (Lipinski definition) is 5. The Kier molecular flexibility index (Phi) is 6.06. The van der Waals surface area contributed by atoms with Crippen LogP contribution in [0.3, 0.4) is 0 Å². The van der Waals surface area contributed by atoms with Gasteiger partial charge in [0.05, 0.1) is 5.39 Å². The van der Waals surface area contributed by atoms with E-state index in [-0.39, 0.29) is 30.4 Å². The highest BCUT2D eigenvalue weighted by Crippen LogP contribution is 2.08. The highest BCUT2D eigenvalue weighted by atomic mass is 35.5. The molecule has 1 aliphatic rings. The summed E-state index contributed by atoms with van der Waals surface area (Å²) in [5, 5.41) is 14.4. The molecule has 2 aromatic rings. The fourth-order valence-electron chi connectivity index (χ4n) is 2.68. The van der Waals surface area contributed by atoms with Crippen molar-refractivity contribution in [1.29, 1.82) is 0 Å². The van der Waals surface area contributed by atoms with E-state index in [4.69, 9.17) is 0 Å². The summed E-state index contributed by atoms with van der Waals surface area (Å²) in [5.41, 5.74) is 0.248. The van der Waals surface area contributed by atoms with Crippen molar-refractivity contribution < 1.29 is 4.79 Å². The van der Waals surface area contributed by atoms with Crippen LogP contribution in [0, 0.1) is 5.92 Å². The van der Waals surface area contributed by atoms with Crippen molar-refractivity contribution in [3.05, 3.63) is 34.6 Å². The van der Waals surface area contributed by atoms with Crippen LogP contribution in [0.25, 0.3) is 10.9 Å². The van der Waals surface area contributed by atoms with Gasteiger partial charge in [0.2, 0.25) is 5.91 Å². The van der Waals surface area contributed by atoms with Crippen molar-refractivity contribution >= 4 is 29.2 Å². The van der Waals surface area contributed by atoms with E-state index in [9.17, 15) is 9.59 Å². The first-order valence-corrected chi connectivity index (χ1v) is 7.54. The Morgan fingerprint density at radius 3 is 3.00 bits per heavy atom. The van der Waals surface area contributed by atoms with Gasteiger partial charge in [0, 0.05) is 6.54 Å². The smallest absolute Gasteiger partial charge is 0.278 e. The molecule has 3 rings (SSSR count). The van der Waals surface area contributed by atoms with E-state index in [0.29, 0.717) is 23.4 Å². The fourth-order valence-corrected chi connectivity index (χ4v) is 2.68. The summed E-state index contributed by atoms with van der Waals surface area (Å²) in [5.74, 6) is 0.245. The molecule has 1 saturated heterocycles. The minimum absolute atomic E-state index is 0. The van der Waals surface area contributed by atoms with E-state index < -0.39 is 0 Å². The second-order valence-electron chi connectivity index (χ2n) is 5.59. The van der Waals surface area contributed by atoms with E-state index in [1.807, 2.05) is 0 Å². The van der Waals surface area contributed by atoms with Gasteiger partial charge in [0.25, 0.3) is 5.56 Å². The number of carbonyl (C=O) groups excluding carboxylic acids is 1. The van der Waals surface area contributed by atoms with Crippen LogP contribution in [-0.4, -0.2) is 40.5 Å². The van der Waals surface area contributed by atoms with Crippen LogP contribution in [0.15, 0.2) is 29.1 Å². The van der Waals surface area contributed by atoms with Crippen molar-refractivity contribution in [3.63, 3.8) is 0 Å². The minimum Gasteiger partial charge on any atom is -0.354 e. The summed E-state index contributed by atoms with van der Waals surface area (Å²) in [6.45, 7) is 2.50. The van der Waals surface area contributed by atoms with E-state index in [2.05, 4.69) is 20.9 Å². The lowest BCUT2D eigenvalue weighted by atomic mass is 10.00. The second-order valence-corrected chi connectivity index (χ2v) is 5.59. The normalized spacial score (nSPS) is 17.5. The Balaban J connectivity index is 0.00000192. The number of halogens is 1. The van der Waals surface area contributed by atoms with Crippen LogP contribution in [0.4, 0.5) is 0 Å². The van der Waals surface area contributed by atoms with Gasteiger partial charge < -0.3 is 10.6 Å². The molecule has 0 saturated carbocycles. The Morgan fingerprint density at radius 2 is 2.22 bits per heavy atom. The number of benzene rings is 1. The average molecular weight is 338 g/mol. The van der Waals surface area contributed by atoms with Crippen molar-refractivity contribution in [2.45, 2.75) is 19.4 Å². The molecule has 0 radical (unpaired) electrons. The van der Waals surface area contributed by atoms with Crippen LogP contribution in [0.2, 0.25) is 0 Å². The summed E-state index contributed by atoms with van der Waals surface area (Å²) < 4.78 is 1.11. The maximum absolute atomic E-state index is 12.2. The van der Waals surface area contributed by atoms with Gasteiger partial charge >= 0.3 is 0 Å². The maximum Gasteiger partial charge on any atom is 0.278 e. The van der Waals surface area contributed by atoms with E-state index in [1.165, 1.54) is 0 Å². The first kappa shape index (κ1) is 17.4. The number of carbonyl (C=O) groups is 1. The van der Waals surface area contributed by atoms with E-state index in [0.717, 1.165) is 30.6 Å². The lowest BCUT2D eigenvalue weighted by Gasteiger charge is -2.22. The molecule has 2 N–H and O–H groups in total.